The molecular weight excluding hydrogens is 232 g/mol. The van der Waals surface area contributed by atoms with Crippen LogP contribution in [0.1, 0.15) is 17.5 Å². The number of aryl methyl sites for hydroxylation is 1. The van der Waals surface area contributed by atoms with Crippen LogP contribution in [0.4, 0.5) is 0 Å². The zero-order chi connectivity index (χ0) is 11.9. The van der Waals surface area contributed by atoms with Crippen molar-refractivity contribution in [3.8, 4) is 0 Å². The first-order chi connectivity index (χ1) is 8.34. The predicted molar refractivity (Wildman–Crippen MR) is 68.7 cm³/mol. The number of nitrogens with zero attached hydrogens (tertiary/aromatic N) is 1. The molecule has 0 saturated heterocycles. The van der Waals surface area contributed by atoms with E-state index in [-0.39, 0.29) is 5.91 Å². The minimum Gasteiger partial charge on any atom is -0.352 e. The van der Waals surface area contributed by atoms with Gasteiger partial charge in [0.1, 0.15) is 0 Å². The number of hydrogen-bond donors (Lipinski definition) is 1. The molecule has 2 aromatic rings. The molecule has 4 heteroatoms. The van der Waals surface area contributed by atoms with E-state index in [1.54, 1.807) is 23.7 Å². The van der Waals surface area contributed by atoms with Gasteiger partial charge in [0.05, 0.1) is 0 Å². The third kappa shape index (κ3) is 4.00. The van der Waals surface area contributed by atoms with E-state index in [0.717, 1.165) is 12.0 Å². The van der Waals surface area contributed by atoms with Crippen molar-refractivity contribution in [2.75, 3.05) is 0 Å². The van der Waals surface area contributed by atoms with Crippen molar-refractivity contribution in [2.24, 2.45) is 0 Å². The highest BCUT2D eigenvalue weighted by molar-refractivity contribution is 7.07. The van der Waals surface area contributed by atoms with E-state index in [0.29, 0.717) is 13.0 Å². The van der Waals surface area contributed by atoms with Crippen molar-refractivity contribution >= 4 is 17.2 Å². The minimum atomic E-state index is 0.0834. The lowest BCUT2D eigenvalue weighted by Gasteiger charge is -2.04. The Kier molecular flexibility index (Phi) is 4.27. The van der Waals surface area contributed by atoms with Crippen LogP contribution in [0.5, 0.6) is 0 Å². The van der Waals surface area contributed by atoms with Crippen LogP contribution in [0.25, 0.3) is 0 Å². The predicted octanol–water partition coefficient (Wildman–Crippen LogP) is 2.39. The van der Waals surface area contributed by atoms with E-state index in [4.69, 9.17) is 0 Å². The molecule has 2 rings (SSSR count). The van der Waals surface area contributed by atoms with Crippen LogP contribution in [0.3, 0.4) is 0 Å². The molecular formula is C13H14N2OS. The second-order valence-corrected chi connectivity index (χ2v) is 4.55. The molecule has 1 amide bonds. The molecule has 2 aromatic heterocycles. The van der Waals surface area contributed by atoms with Gasteiger partial charge in [-0.3, -0.25) is 9.78 Å². The van der Waals surface area contributed by atoms with Crippen molar-refractivity contribution in [3.63, 3.8) is 0 Å². The zero-order valence-corrected chi connectivity index (χ0v) is 10.2. The van der Waals surface area contributed by atoms with Crippen molar-refractivity contribution in [2.45, 2.75) is 19.4 Å². The van der Waals surface area contributed by atoms with Gasteiger partial charge in [-0.25, -0.2) is 0 Å². The summed E-state index contributed by atoms with van der Waals surface area (Å²) in [7, 11) is 0. The van der Waals surface area contributed by atoms with Crippen molar-refractivity contribution in [1.29, 1.82) is 0 Å². The number of carbonyl (C=O) groups is 1. The third-order valence-electron chi connectivity index (χ3n) is 2.43. The standard InChI is InChI=1S/C13H14N2OS/c16-13(4-3-11-5-7-17-10-11)15-9-12-2-1-6-14-8-12/h1-2,5-8,10H,3-4,9H2,(H,15,16). The van der Waals surface area contributed by atoms with E-state index < -0.39 is 0 Å². The topological polar surface area (TPSA) is 42.0 Å². The number of rotatable bonds is 5. The SMILES string of the molecule is O=C(CCc1ccsc1)NCc1cccnc1. The van der Waals surface area contributed by atoms with Crippen LogP contribution < -0.4 is 5.32 Å². The van der Waals surface area contributed by atoms with Crippen molar-refractivity contribution in [1.82, 2.24) is 10.3 Å². The number of amides is 1. The van der Waals surface area contributed by atoms with E-state index in [1.807, 2.05) is 17.5 Å². The number of hydrogen-bond acceptors (Lipinski definition) is 3. The smallest absolute Gasteiger partial charge is 0.220 e. The molecule has 0 bridgehead atoms. The first-order valence-corrected chi connectivity index (χ1v) is 6.45. The van der Waals surface area contributed by atoms with Gasteiger partial charge in [0.15, 0.2) is 0 Å². The summed E-state index contributed by atoms with van der Waals surface area (Å²) in [5.74, 6) is 0.0834. The van der Waals surface area contributed by atoms with Gasteiger partial charge in [-0.1, -0.05) is 6.07 Å². The summed E-state index contributed by atoms with van der Waals surface area (Å²) in [5, 5.41) is 6.99. The average molecular weight is 246 g/mol. The summed E-state index contributed by atoms with van der Waals surface area (Å²) in [6.45, 7) is 0.552. The highest BCUT2D eigenvalue weighted by Gasteiger charge is 2.02. The average Bonchev–Trinajstić information content (AvgIpc) is 2.88. The van der Waals surface area contributed by atoms with Crippen LogP contribution >= 0.6 is 11.3 Å². The molecule has 88 valence electrons. The van der Waals surface area contributed by atoms with E-state index in [9.17, 15) is 4.79 Å². The van der Waals surface area contributed by atoms with Crippen LogP contribution in [-0.4, -0.2) is 10.9 Å². The Balaban J connectivity index is 1.71. The molecule has 0 saturated carbocycles. The number of nitrogens with one attached hydrogen (secondary N) is 1. The fourth-order valence-electron chi connectivity index (χ4n) is 1.48. The normalized spacial score (nSPS) is 10.1. The van der Waals surface area contributed by atoms with Crippen LogP contribution in [0.2, 0.25) is 0 Å². The molecule has 0 fully saturated rings. The summed E-state index contributed by atoms with van der Waals surface area (Å²) < 4.78 is 0. The Morgan fingerprint density at radius 2 is 2.29 bits per heavy atom. The fraction of sp³-hybridized carbons (Fsp3) is 0.231. The van der Waals surface area contributed by atoms with Crippen molar-refractivity contribution in [3.05, 3.63) is 52.5 Å². The van der Waals surface area contributed by atoms with Gasteiger partial charge < -0.3 is 5.32 Å². The monoisotopic (exact) mass is 246 g/mol. The Morgan fingerprint density at radius 1 is 1.35 bits per heavy atom. The second-order valence-electron chi connectivity index (χ2n) is 3.77. The first-order valence-electron chi connectivity index (χ1n) is 5.51. The van der Waals surface area contributed by atoms with Gasteiger partial charge in [-0.15, -0.1) is 0 Å². The van der Waals surface area contributed by atoms with Gasteiger partial charge in [0.25, 0.3) is 0 Å². The van der Waals surface area contributed by atoms with E-state index in [1.165, 1.54) is 5.56 Å². The molecule has 17 heavy (non-hydrogen) atoms. The summed E-state index contributed by atoms with van der Waals surface area (Å²) in [4.78, 5) is 15.6. The lowest BCUT2D eigenvalue weighted by molar-refractivity contribution is -0.121. The Labute approximate surface area is 105 Å². The highest BCUT2D eigenvalue weighted by Crippen LogP contribution is 2.08. The summed E-state index contributed by atoms with van der Waals surface area (Å²) in [5.41, 5.74) is 2.25. The quantitative estimate of drug-likeness (QED) is 0.880. The molecule has 0 aliphatic rings. The van der Waals surface area contributed by atoms with Gasteiger partial charge >= 0.3 is 0 Å². The van der Waals surface area contributed by atoms with Crippen LogP contribution in [0.15, 0.2) is 41.4 Å². The summed E-state index contributed by atoms with van der Waals surface area (Å²) >= 11 is 1.66. The molecule has 0 unspecified atom stereocenters. The maximum absolute atomic E-state index is 11.6. The maximum atomic E-state index is 11.6. The largest absolute Gasteiger partial charge is 0.352 e. The van der Waals surface area contributed by atoms with Gasteiger partial charge in [0, 0.05) is 25.4 Å². The Bertz CT molecular complexity index is 454. The zero-order valence-electron chi connectivity index (χ0n) is 9.43. The number of pyridine rings is 1. The Morgan fingerprint density at radius 3 is 3.00 bits per heavy atom. The molecule has 0 aliphatic carbocycles. The Hall–Kier alpha value is -1.68. The molecule has 3 nitrogen and oxygen atoms in total. The third-order valence-corrected chi connectivity index (χ3v) is 3.17. The van der Waals surface area contributed by atoms with E-state index in [2.05, 4.69) is 21.7 Å². The number of carbonyl (C=O) groups excluding carboxylic acids is 1. The van der Waals surface area contributed by atoms with Gasteiger partial charge in [-0.05, 0) is 40.4 Å². The maximum Gasteiger partial charge on any atom is 0.220 e. The molecule has 0 aromatic carbocycles. The summed E-state index contributed by atoms with van der Waals surface area (Å²) in [6.07, 6.45) is 4.83. The van der Waals surface area contributed by atoms with Gasteiger partial charge in [0.2, 0.25) is 5.91 Å². The molecule has 0 atom stereocenters. The van der Waals surface area contributed by atoms with Crippen LogP contribution in [0, 0.1) is 0 Å². The number of thiophene rings is 1. The van der Waals surface area contributed by atoms with Gasteiger partial charge in [-0.2, -0.15) is 11.3 Å². The van der Waals surface area contributed by atoms with Crippen LogP contribution in [-0.2, 0) is 17.8 Å². The highest BCUT2D eigenvalue weighted by atomic mass is 32.1. The second kappa shape index (κ2) is 6.15. The molecule has 0 radical (unpaired) electrons. The number of aromatic nitrogens is 1. The van der Waals surface area contributed by atoms with E-state index >= 15 is 0 Å². The summed E-state index contributed by atoms with van der Waals surface area (Å²) in [6, 6.07) is 5.87. The molecule has 2 heterocycles. The molecule has 1 N–H and O–H groups in total. The van der Waals surface area contributed by atoms with Crippen molar-refractivity contribution < 1.29 is 4.79 Å². The minimum absolute atomic E-state index is 0.0834. The lowest BCUT2D eigenvalue weighted by atomic mass is 10.2. The molecule has 0 spiro atoms. The fourth-order valence-corrected chi connectivity index (χ4v) is 2.19. The lowest BCUT2D eigenvalue weighted by Crippen LogP contribution is -2.22. The first kappa shape index (κ1) is 11.8. The molecule has 0 aliphatic heterocycles.